The van der Waals surface area contributed by atoms with Crippen molar-refractivity contribution in [3.63, 3.8) is 0 Å². The Morgan fingerprint density at radius 1 is 1.23 bits per heavy atom. The molecule has 30 heavy (non-hydrogen) atoms. The van der Waals surface area contributed by atoms with Gasteiger partial charge in [0.25, 0.3) is 0 Å². The molecular weight excluding hydrogens is 402 g/mol. The summed E-state index contributed by atoms with van der Waals surface area (Å²) in [6.45, 7) is 3.18. The Hall–Kier alpha value is -2.13. The first kappa shape index (κ1) is 22.6. The van der Waals surface area contributed by atoms with Gasteiger partial charge in [0.2, 0.25) is 15.9 Å². The smallest absolute Gasteiger partial charge is 0.243 e. The molecule has 1 fully saturated rings. The largest absolute Gasteiger partial charge is 0.353 e. The molecule has 2 aliphatic rings. The Labute approximate surface area is 179 Å². The minimum absolute atomic E-state index is 0.0414. The third kappa shape index (κ3) is 5.51. The summed E-state index contributed by atoms with van der Waals surface area (Å²) in [6.07, 6.45) is 3.41. The fraction of sp³-hybridized carbons (Fsp3) is 0.619. The first-order chi connectivity index (χ1) is 14.3. The zero-order valence-electron chi connectivity index (χ0n) is 18.1. The van der Waals surface area contributed by atoms with E-state index in [4.69, 9.17) is 0 Å². The van der Waals surface area contributed by atoms with Gasteiger partial charge in [-0.3, -0.25) is 4.79 Å². The Balaban J connectivity index is 1.73. The Bertz CT molecular complexity index is 884. The van der Waals surface area contributed by atoms with Gasteiger partial charge < -0.3 is 15.1 Å². The molecule has 1 saturated heterocycles. The normalized spacial score (nSPS) is 22.0. The van der Waals surface area contributed by atoms with E-state index in [-0.39, 0.29) is 18.5 Å². The van der Waals surface area contributed by atoms with Crippen LogP contribution in [0.15, 0.2) is 29.3 Å². The number of hydrogen-bond acceptors (Lipinski definition) is 4. The average Bonchev–Trinajstić information content (AvgIpc) is 3.21. The van der Waals surface area contributed by atoms with Crippen LogP contribution in [0.25, 0.3) is 0 Å². The zero-order chi connectivity index (χ0) is 21.7. The fourth-order valence-electron chi connectivity index (χ4n) is 4.02. The highest BCUT2D eigenvalue weighted by molar-refractivity contribution is 7.90. The van der Waals surface area contributed by atoms with E-state index in [1.807, 2.05) is 4.90 Å². The number of guanidine groups is 1. The minimum Gasteiger partial charge on any atom is -0.353 e. The zero-order valence-corrected chi connectivity index (χ0v) is 18.9. The van der Waals surface area contributed by atoms with Gasteiger partial charge in [0.1, 0.15) is 6.54 Å². The first-order valence-corrected chi connectivity index (χ1v) is 12.2. The highest BCUT2D eigenvalue weighted by Crippen LogP contribution is 2.22. The van der Waals surface area contributed by atoms with E-state index in [0.29, 0.717) is 32.0 Å². The van der Waals surface area contributed by atoms with Gasteiger partial charge in [0.05, 0.1) is 5.25 Å². The summed E-state index contributed by atoms with van der Waals surface area (Å²) in [5, 5.41) is 3.06. The van der Waals surface area contributed by atoms with Crippen molar-refractivity contribution in [3.8, 4) is 0 Å². The second-order valence-corrected chi connectivity index (χ2v) is 10.2. The lowest BCUT2D eigenvalue weighted by Gasteiger charge is -2.30. The standard InChI is InChI=1S/C21H33N5O3S/c1-4-23-30(28,29)19-11-12-26(15-19)21(22-14-20(27)25(2)3)24-18-10-9-16-7-5-6-8-17(16)13-18/h5-8,18-19,23H,4,9-15H2,1-3H3,(H,22,24). The van der Waals surface area contributed by atoms with E-state index in [2.05, 4.69) is 39.3 Å². The molecule has 2 unspecified atom stereocenters. The maximum Gasteiger partial charge on any atom is 0.243 e. The maximum atomic E-state index is 12.4. The SMILES string of the molecule is CCNS(=O)(=O)C1CCN(C(=NCC(=O)N(C)C)NC2CCc3ccccc3C2)C1. The molecule has 0 radical (unpaired) electrons. The average molecular weight is 436 g/mol. The van der Waals surface area contributed by atoms with Gasteiger partial charge in [-0.1, -0.05) is 31.2 Å². The second-order valence-electron chi connectivity index (χ2n) is 8.18. The molecule has 166 valence electrons. The first-order valence-electron chi connectivity index (χ1n) is 10.6. The van der Waals surface area contributed by atoms with Crippen LogP contribution in [0.1, 0.15) is 30.9 Å². The lowest BCUT2D eigenvalue weighted by atomic mass is 9.88. The van der Waals surface area contributed by atoms with E-state index in [1.54, 1.807) is 21.0 Å². The number of carbonyl (C=O) groups is 1. The van der Waals surface area contributed by atoms with Crippen LogP contribution in [-0.2, 0) is 27.7 Å². The third-order valence-corrected chi connectivity index (χ3v) is 7.73. The van der Waals surface area contributed by atoms with Gasteiger partial charge in [-0.05, 0) is 36.8 Å². The van der Waals surface area contributed by atoms with Crippen molar-refractivity contribution in [3.05, 3.63) is 35.4 Å². The number of aliphatic imine (C=N–C) groups is 1. The second kappa shape index (κ2) is 9.78. The van der Waals surface area contributed by atoms with Crippen LogP contribution in [-0.4, -0.2) is 81.7 Å². The summed E-state index contributed by atoms with van der Waals surface area (Å²) in [5.41, 5.74) is 2.72. The topological polar surface area (TPSA) is 94.1 Å². The van der Waals surface area contributed by atoms with Gasteiger partial charge in [-0.25, -0.2) is 18.1 Å². The number of likely N-dealkylation sites (tertiary alicyclic amines) is 1. The molecule has 8 nitrogen and oxygen atoms in total. The van der Waals surface area contributed by atoms with Gasteiger partial charge in [0, 0.05) is 39.8 Å². The van der Waals surface area contributed by atoms with Gasteiger partial charge in [0.15, 0.2) is 5.96 Å². The number of nitrogens with one attached hydrogen (secondary N) is 2. The van der Waals surface area contributed by atoms with E-state index in [9.17, 15) is 13.2 Å². The molecule has 1 aliphatic heterocycles. The molecule has 1 heterocycles. The van der Waals surface area contributed by atoms with Gasteiger partial charge in [-0.15, -0.1) is 0 Å². The Kier molecular flexibility index (Phi) is 7.36. The predicted molar refractivity (Wildman–Crippen MR) is 119 cm³/mol. The summed E-state index contributed by atoms with van der Waals surface area (Å²) in [6, 6.07) is 8.67. The van der Waals surface area contributed by atoms with Crippen LogP contribution in [0.3, 0.4) is 0 Å². The Morgan fingerprint density at radius 2 is 1.97 bits per heavy atom. The number of fused-ring (bicyclic) bond motifs is 1. The number of sulfonamides is 1. The highest BCUT2D eigenvalue weighted by atomic mass is 32.2. The molecule has 0 spiro atoms. The van der Waals surface area contributed by atoms with Crippen molar-refractivity contribution in [2.45, 2.75) is 43.9 Å². The van der Waals surface area contributed by atoms with Crippen LogP contribution in [0, 0.1) is 0 Å². The molecule has 2 atom stereocenters. The van der Waals surface area contributed by atoms with Crippen LogP contribution in [0.5, 0.6) is 0 Å². The number of likely N-dealkylation sites (N-methyl/N-ethyl adjacent to an activating group) is 1. The number of carbonyl (C=O) groups excluding carboxylic acids is 1. The number of nitrogens with zero attached hydrogens (tertiary/aromatic N) is 3. The number of aryl methyl sites for hydroxylation is 1. The van der Waals surface area contributed by atoms with E-state index in [0.717, 1.165) is 19.3 Å². The number of amides is 1. The quantitative estimate of drug-likeness (QED) is 0.504. The third-order valence-electron chi connectivity index (χ3n) is 5.77. The lowest BCUT2D eigenvalue weighted by molar-refractivity contribution is -0.127. The number of hydrogen-bond donors (Lipinski definition) is 2. The predicted octanol–water partition coefficient (Wildman–Crippen LogP) is 0.591. The summed E-state index contributed by atoms with van der Waals surface area (Å²) >= 11 is 0. The molecule has 0 bridgehead atoms. The molecular formula is C21H33N5O3S. The minimum atomic E-state index is -3.34. The van der Waals surface area contributed by atoms with Gasteiger partial charge in [-0.2, -0.15) is 0 Å². The van der Waals surface area contributed by atoms with Crippen molar-refractivity contribution in [2.75, 3.05) is 40.3 Å². The van der Waals surface area contributed by atoms with E-state index < -0.39 is 15.3 Å². The van der Waals surface area contributed by atoms with Crippen LogP contribution in [0.2, 0.25) is 0 Å². The molecule has 3 rings (SSSR count). The fourth-order valence-corrected chi connectivity index (χ4v) is 5.45. The molecule has 0 saturated carbocycles. The van der Waals surface area contributed by atoms with E-state index in [1.165, 1.54) is 16.0 Å². The molecule has 0 aromatic heterocycles. The number of rotatable bonds is 6. The highest BCUT2D eigenvalue weighted by Gasteiger charge is 2.34. The lowest BCUT2D eigenvalue weighted by Crippen LogP contribution is -2.48. The summed E-state index contributed by atoms with van der Waals surface area (Å²) in [7, 11) is 0.0686. The molecule has 1 aromatic rings. The van der Waals surface area contributed by atoms with E-state index >= 15 is 0 Å². The summed E-state index contributed by atoms with van der Waals surface area (Å²) in [5.74, 6) is 0.545. The summed E-state index contributed by atoms with van der Waals surface area (Å²) in [4.78, 5) is 20.1. The van der Waals surface area contributed by atoms with Crippen molar-refractivity contribution in [1.82, 2.24) is 19.8 Å². The summed E-state index contributed by atoms with van der Waals surface area (Å²) < 4.78 is 27.5. The van der Waals surface area contributed by atoms with Crippen molar-refractivity contribution in [2.24, 2.45) is 4.99 Å². The molecule has 1 aliphatic carbocycles. The van der Waals surface area contributed by atoms with Crippen molar-refractivity contribution in [1.29, 1.82) is 0 Å². The monoisotopic (exact) mass is 435 g/mol. The molecule has 1 amide bonds. The molecule has 1 aromatic carbocycles. The van der Waals surface area contributed by atoms with Crippen molar-refractivity contribution < 1.29 is 13.2 Å². The molecule has 9 heteroatoms. The maximum absolute atomic E-state index is 12.4. The van der Waals surface area contributed by atoms with Crippen LogP contribution < -0.4 is 10.0 Å². The van der Waals surface area contributed by atoms with Crippen LogP contribution >= 0.6 is 0 Å². The number of benzene rings is 1. The van der Waals surface area contributed by atoms with Crippen LogP contribution in [0.4, 0.5) is 0 Å². The molecule has 2 N–H and O–H groups in total. The Morgan fingerprint density at radius 3 is 2.67 bits per heavy atom. The van der Waals surface area contributed by atoms with Gasteiger partial charge >= 0.3 is 0 Å². The van der Waals surface area contributed by atoms with Crippen molar-refractivity contribution >= 4 is 21.9 Å².